The summed E-state index contributed by atoms with van der Waals surface area (Å²) < 4.78 is 5.58. The van der Waals surface area contributed by atoms with E-state index in [-0.39, 0.29) is 30.3 Å². The van der Waals surface area contributed by atoms with E-state index < -0.39 is 0 Å². The summed E-state index contributed by atoms with van der Waals surface area (Å²) in [5.74, 6) is 0.372. The Bertz CT molecular complexity index is 1380. The molecular weight excluding hydrogens is 486 g/mol. The number of hydrogen-bond acceptors (Lipinski definition) is 3. The number of ether oxygens (including phenoxy) is 1. The lowest BCUT2D eigenvalue weighted by Crippen LogP contribution is -2.47. The van der Waals surface area contributed by atoms with Crippen LogP contribution in [-0.4, -0.2) is 52.8 Å². The smallest absolute Gasteiger partial charge is 0.242 e. The summed E-state index contributed by atoms with van der Waals surface area (Å²) in [6, 6.07) is 25.7. The molecule has 0 spiro atoms. The minimum Gasteiger partial charge on any atom is -0.496 e. The van der Waals surface area contributed by atoms with Crippen molar-refractivity contribution in [2.45, 2.75) is 52.1 Å². The number of carbonyl (C=O) groups is 2. The molecule has 4 aromatic rings. The number of aromatic amines is 1. The number of hydrogen-bond donors (Lipinski definition) is 1. The second-order valence-electron chi connectivity index (χ2n) is 10.2. The first-order valence-electron chi connectivity index (χ1n) is 13.7. The molecule has 204 valence electrons. The van der Waals surface area contributed by atoms with Crippen molar-refractivity contribution >= 4 is 22.7 Å². The predicted octanol–water partition coefficient (Wildman–Crippen LogP) is 6.18. The van der Waals surface area contributed by atoms with Crippen LogP contribution in [0.1, 0.15) is 49.8 Å². The van der Waals surface area contributed by atoms with E-state index in [1.54, 1.807) is 12.0 Å². The summed E-state index contributed by atoms with van der Waals surface area (Å²) in [7, 11) is 1.64. The van der Waals surface area contributed by atoms with E-state index in [1.165, 1.54) is 0 Å². The molecule has 6 nitrogen and oxygen atoms in total. The van der Waals surface area contributed by atoms with Gasteiger partial charge in [-0.25, -0.2) is 0 Å². The second-order valence-corrected chi connectivity index (χ2v) is 10.2. The van der Waals surface area contributed by atoms with Gasteiger partial charge in [0.2, 0.25) is 11.8 Å². The molecule has 4 rings (SSSR count). The summed E-state index contributed by atoms with van der Waals surface area (Å²) >= 11 is 0. The van der Waals surface area contributed by atoms with Gasteiger partial charge in [0, 0.05) is 41.8 Å². The van der Waals surface area contributed by atoms with Gasteiger partial charge >= 0.3 is 0 Å². The molecule has 1 atom stereocenters. The molecule has 0 fully saturated rings. The van der Waals surface area contributed by atoms with Crippen molar-refractivity contribution in [2.75, 3.05) is 20.2 Å². The fraction of sp³-hybridized carbons (Fsp3) is 0.333. The Kier molecular flexibility index (Phi) is 9.42. The minimum atomic E-state index is -0.282. The number of H-pyrrole nitrogens is 1. The van der Waals surface area contributed by atoms with Crippen LogP contribution in [0, 0.1) is 0 Å². The van der Waals surface area contributed by atoms with E-state index in [0.717, 1.165) is 33.3 Å². The minimum absolute atomic E-state index is 0.0130. The zero-order valence-electron chi connectivity index (χ0n) is 23.4. The maximum atomic E-state index is 13.9. The summed E-state index contributed by atoms with van der Waals surface area (Å²) in [6.07, 6.45) is 3.39. The van der Waals surface area contributed by atoms with Gasteiger partial charge in [0.25, 0.3) is 0 Å². The van der Waals surface area contributed by atoms with Crippen LogP contribution in [0.15, 0.2) is 85.1 Å². The average Bonchev–Trinajstić information content (AvgIpc) is 3.37. The molecule has 0 saturated carbocycles. The Hall–Kier alpha value is -4.06. The van der Waals surface area contributed by atoms with E-state index in [0.29, 0.717) is 25.9 Å². The molecule has 0 radical (unpaired) electrons. The van der Waals surface area contributed by atoms with Gasteiger partial charge in [-0.2, -0.15) is 0 Å². The molecule has 0 bridgehead atoms. The third-order valence-corrected chi connectivity index (χ3v) is 7.35. The number of nitrogens with one attached hydrogen (secondary N) is 1. The van der Waals surface area contributed by atoms with Gasteiger partial charge in [0.15, 0.2) is 0 Å². The maximum Gasteiger partial charge on any atom is 0.242 e. The lowest BCUT2D eigenvalue weighted by Gasteiger charge is -2.33. The van der Waals surface area contributed by atoms with Crippen LogP contribution in [-0.2, 0) is 22.6 Å². The van der Waals surface area contributed by atoms with Crippen molar-refractivity contribution < 1.29 is 14.3 Å². The number of rotatable bonds is 12. The van der Waals surface area contributed by atoms with Crippen LogP contribution in [0.3, 0.4) is 0 Å². The van der Waals surface area contributed by atoms with Gasteiger partial charge in [-0.05, 0) is 49.9 Å². The van der Waals surface area contributed by atoms with Crippen LogP contribution in [0.2, 0.25) is 0 Å². The summed E-state index contributed by atoms with van der Waals surface area (Å²) in [5, 5.41) is 1.16. The van der Waals surface area contributed by atoms with Crippen LogP contribution in [0.25, 0.3) is 10.9 Å². The molecule has 6 heteroatoms. The number of benzene rings is 3. The first-order chi connectivity index (χ1) is 18.9. The maximum absolute atomic E-state index is 13.9. The fourth-order valence-corrected chi connectivity index (χ4v) is 5.12. The van der Waals surface area contributed by atoms with E-state index in [4.69, 9.17) is 4.74 Å². The molecule has 0 saturated heterocycles. The van der Waals surface area contributed by atoms with Crippen molar-refractivity contribution in [2.24, 2.45) is 0 Å². The molecule has 3 aromatic carbocycles. The molecule has 1 aromatic heterocycles. The Morgan fingerprint density at radius 1 is 0.897 bits per heavy atom. The quantitative estimate of drug-likeness (QED) is 0.240. The number of carbonyl (C=O) groups excluding carboxylic acids is 2. The molecule has 0 unspecified atom stereocenters. The van der Waals surface area contributed by atoms with Crippen molar-refractivity contribution in [3.8, 4) is 5.75 Å². The average molecular weight is 526 g/mol. The van der Waals surface area contributed by atoms with E-state index in [2.05, 4.69) is 17.1 Å². The first-order valence-corrected chi connectivity index (χ1v) is 13.7. The standard InChI is InChI=1S/C33H39N3O3/c1-5-28(25-13-7-6-8-14-25)33(38)36(24(2)3)23-32(37)35(22-27-15-9-12-18-31(27)39-4)20-19-26-21-34-30-17-11-10-16-29(26)30/h6-18,21,24,28,34H,5,19-20,22-23H2,1-4H3/t28-/m1/s1. The van der Waals surface area contributed by atoms with Gasteiger partial charge in [0.05, 0.1) is 13.0 Å². The zero-order chi connectivity index (χ0) is 27.8. The van der Waals surface area contributed by atoms with Gasteiger partial charge in [-0.1, -0.05) is 73.7 Å². The Balaban J connectivity index is 1.57. The zero-order valence-corrected chi connectivity index (χ0v) is 23.4. The largest absolute Gasteiger partial charge is 0.496 e. The van der Waals surface area contributed by atoms with Gasteiger partial charge < -0.3 is 19.5 Å². The van der Waals surface area contributed by atoms with E-state index in [1.807, 2.05) is 98.6 Å². The van der Waals surface area contributed by atoms with Crippen molar-refractivity contribution in [1.29, 1.82) is 0 Å². The van der Waals surface area contributed by atoms with Gasteiger partial charge in [-0.3, -0.25) is 9.59 Å². The number of amides is 2. The van der Waals surface area contributed by atoms with E-state index >= 15 is 0 Å². The first kappa shape index (κ1) is 28.0. The fourth-order valence-electron chi connectivity index (χ4n) is 5.12. The lowest BCUT2D eigenvalue weighted by molar-refractivity contribution is -0.143. The molecule has 0 aliphatic carbocycles. The lowest BCUT2D eigenvalue weighted by atomic mass is 9.94. The highest BCUT2D eigenvalue weighted by Gasteiger charge is 2.29. The summed E-state index contributed by atoms with van der Waals surface area (Å²) in [4.78, 5) is 34.6. The van der Waals surface area contributed by atoms with Crippen LogP contribution in [0.5, 0.6) is 5.75 Å². The number of methoxy groups -OCH3 is 1. The highest BCUT2D eigenvalue weighted by Crippen LogP contribution is 2.25. The number of fused-ring (bicyclic) bond motifs is 1. The van der Waals surface area contributed by atoms with E-state index in [9.17, 15) is 9.59 Å². The summed E-state index contributed by atoms with van der Waals surface area (Å²) in [5.41, 5.74) is 4.16. The molecule has 1 heterocycles. The normalized spacial score (nSPS) is 11.9. The van der Waals surface area contributed by atoms with Crippen LogP contribution in [0.4, 0.5) is 0 Å². The predicted molar refractivity (Wildman–Crippen MR) is 157 cm³/mol. The molecule has 0 aliphatic rings. The topological polar surface area (TPSA) is 65.6 Å². The third-order valence-electron chi connectivity index (χ3n) is 7.35. The number of aromatic nitrogens is 1. The Labute approximate surface area is 231 Å². The molecule has 2 amide bonds. The number of nitrogens with zero attached hydrogens (tertiary/aromatic N) is 2. The SMILES string of the molecule is CC[C@@H](C(=O)N(CC(=O)N(CCc1c[nH]c2ccccc12)Cc1ccccc1OC)C(C)C)c1ccccc1. The molecule has 1 N–H and O–H groups in total. The number of para-hydroxylation sites is 2. The monoisotopic (exact) mass is 525 g/mol. The third kappa shape index (κ3) is 6.69. The Morgan fingerprint density at radius 2 is 1.59 bits per heavy atom. The van der Waals surface area contributed by atoms with Crippen LogP contribution >= 0.6 is 0 Å². The van der Waals surface area contributed by atoms with Crippen molar-refractivity contribution in [3.05, 3.63) is 102 Å². The highest BCUT2D eigenvalue weighted by atomic mass is 16.5. The second kappa shape index (κ2) is 13.1. The van der Waals surface area contributed by atoms with Gasteiger partial charge in [-0.15, -0.1) is 0 Å². The van der Waals surface area contributed by atoms with Gasteiger partial charge in [0.1, 0.15) is 12.3 Å². The molecule has 0 aliphatic heterocycles. The summed E-state index contributed by atoms with van der Waals surface area (Å²) in [6.45, 7) is 6.92. The molecule has 39 heavy (non-hydrogen) atoms. The van der Waals surface area contributed by atoms with Crippen LogP contribution < -0.4 is 4.74 Å². The Morgan fingerprint density at radius 3 is 2.31 bits per heavy atom. The molecular formula is C33H39N3O3. The highest BCUT2D eigenvalue weighted by molar-refractivity contribution is 5.89. The van der Waals surface area contributed by atoms with Crippen molar-refractivity contribution in [3.63, 3.8) is 0 Å². The van der Waals surface area contributed by atoms with Crippen molar-refractivity contribution in [1.82, 2.24) is 14.8 Å².